The van der Waals surface area contributed by atoms with Crippen LogP contribution in [-0.4, -0.2) is 13.6 Å². The highest BCUT2D eigenvalue weighted by Gasteiger charge is 2.14. The highest BCUT2D eigenvalue weighted by Crippen LogP contribution is 2.32. The van der Waals surface area contributed by atoms with Crippen molar-refractivity contribution >= 4 is 11.4 Å². The molecule has 1 aromatic rings. The molecule has 0 atom stereocenters. The molecule has 2 heteroatoms. The van der Waals surface area contributed by atoms with E-state index in [2.05, 4.69) is 60.4 Å². The lowest BCUT2D eigenvalue weighted by molar-refractivity contribution is 0.576. The summed E-state index contributed by atoms with van der Waals surface area (Å²) in [5.74, 6) is 0. The van der Waals surface area contributed by atoms with E-state index < -0.39 is 0 Å². The van der Waals surface area contributed by atoms with E-state index in [-0.39, 0.29) is 0 Å². The standard InChI is InChI=1S/C19H30N2/c1-3-4-5-6-7-8-9-12-15-21-17-16-20(2)18-13-10-11-14-19(18)21/h10-11,13-14,16-17H,3-9,12,15H2,1-2H3. The van der Waals surface area contributed by atoms with Crippen molar-refractivity contribution in [2.45, 2.75) is 58.3 Å². The maximum absolute atomic E-state index is 2.40. The van der Waals surface area contributed by atoms with Gasteiger partial charge in [0.05, 0.1) is 11.4 Å². The zero-order valence-corrected chi connectivity index (χ0v) is 13.7. The van der Waals surface area contributed by atoms with E-state index in [1.807, 2.05) is 0 Å². The molecule has 0 fully saturated rings. The Kier molecular flexibility index (Phi) is 6.65. The van der Waals surface area contributed by atoms with Gasteiger partial charge in [-0.2, -0.15) is 0 Å². The maximum Gasteiger partial charge on any atom is 0.0647 e. The third kappa shape index (κ3) is 4.80. The molecule has 2 rings (SSSR count). The molecule has 0 N–H and O–H groups in total. The molecule has 0 aromatic heterocycles. The fourth-order valence-corrected chi connectivity index (χ4v) is 2.96. The predicted molar refractivity (Wildman–Crippen MR) is 93.9 cm³/mol. The first-order valence-electron chi connectivity index (χ1n) is 8.59. The highest BCUT2D eigenvalue weighted by molar-refractivity contribution is 5.75. The summed E-state index contributed by atoms with van der Waals surface area (Å²) in [6.07, 6.45) is 15.4. The molecule has 0 radical (unpaired) electrons. The van der Waals surface area contributed by atoms with Gasteiger partial charge in [0.2, 0.25) is 0 Å². The zero-order valence-electron chi connectivity index (χ0n) is 13.7. The van der Waals surface area contributed by atoms with Crippen LogP contribution in [0.1, 0.15) is 58.3 Å². The Bertz CT molecular complexity index is 439. The minimum atomic E-state index is 1.14. The van der Waals surface area contributed by atoms with Gasteiger partial charge in [-0.3, -0.25) is 0 Å². The van der Waals surface area contributed by atoms with Crippen molar-refractivity contribution < 1.29 is 0 Å². The lowest BCUT2D eigenvalue weighted by Crippen LogP contribution is -2.25. The molecule has 0 unspecified atom stereocenters. The van der Waals surface area contributed by atoms with Crippen LogP contribution in [0.25, 0.3) is 0 Å². The summed E-state index contributed by atoms with van der Waals surface area (Å²) in [4.78, 5) is 4.59. The van der Waals surface area contributed by atoms with Crippen LogP contribution in [0.3, 0.4) is 0 Å². The van der Waals surface area contributed by atoms with Gasteiger partial charge < -0.3 is 9.80 Å². The summed E-state index contributed by atoms with van der Waals surface area (Å²) in [5.41, 5.74) is 2.64. The van der Waals surface area contributed by atoms with Crippen LogP contribution < -0.4 is 9.80 Å². The van der Waals surface area contributed by atoms with Gasteiger partial charge in [0, 0.05) is 26.0 Å². The Morgan fingerprint density at radius 2 is 1.38 bits per heavy atom. The van der Waals surface area contributed by atoms with E-state index in [0.717, 1.165) is 6.54 Å². The number of benzene rings is 1. The molecule has 116 valence electrons. The lowest BCUT2D eigenvalue weighted by atomic mass is 10.1. The molecule has 1 heterocycles. The third-order valence-electron chi connectivity index (χ3n) is 4.29. The number of rotatable bonds is 9. The van der Waals surface area contributed by atoms with Gasteiger partial charge in [-0.05, 0) is 18.6 Å². The van der Waals surface area contributed by atoms with Gasteiger partial charge in [-0.15, -0.1) is 0 Å². The quantitative estimate of drug-likeness (QED) is 0.549. The third-order valence-corrected chi connectivity index (χ3v) is 4.29. The summed E-state index contributed by atoms with van der Waals surface area (Å²) < 4.78 is 0. The molecule has 0 amide bonds. The number of para-hydroxylation sites is 2. The summed E-state index contributed by atoms with van der Waals surface area (Å²) in [7, 11) is 2.11. The van der Waals surface area contributed by atoms with E-state index in [0.29, 0.717) is 0 Å². The number of fused-ring (bicyclic) bond motifs is 1. The zero-order chi connectivity index (χ0) is 14.9. The normalized spacial score (nSPS) is 13.6. The number of hydrogen-bond acceptors (Lipinski definition) is 2. The minimum absolute atomic E-state index is 1.14. The second-order valence-electron chi connectivity index (χ2n) is 6.07. The van der Waals surface area contributed by atoms with Crippen molar-refractivity contribution in [3.63, 3.8) is 0 Å². The SMILES string of the molecule is CCCCCCCCCCN1C=CN(C)c2ccccc21. The Hall–Kier alpha value is -1.44. The number of anilines is 2. The largest absolute Gasteiger partial charge is 0.348 e. The van der Waals surface area contributed by atoms with Crippen molar-refractivity contribution in [3.05, 3.63) is 36.7 Å². The molecule has 0 spiro atoms. The number of nitrogens with zero attached hydrogens (tertiary/aromatic N) is 2. The van der Waals surface area contributed by atoms with Crippen molar-refractivity contribution in [2.24, 2.45) is 0 Å². The van der Waals surface area contributed by atoms with Crippen molar-refractivity contribution in [1.29, 1.82) is 0 Å². The molecule has 2 nitrogen and oxygen atoms in total. The Labute approximate surface area is 130 Å². The average molecular weight is 286 g/mol. The highest BCUT2D eigenvalue weighted by atomic mass is 15.2. The molecule has 1 aliphatic rings. The molecule has 21 heavy (non-hydrogen) atoms. The topological polar surface area (TPSA) is 6.48 Å². The lowest BCUT2D eigenvalue weighted by Gasteiger charge is -2.31. The Balaban J connectivity index is 1.68. The van der Waals surface area contributed by atoms with Crippen LogP contribution in [0.4, 0.5) is 11.4 Å². The monoisotopic (exact) mass is 286 g/mol. The molecular formula is C19H30N2. The van der Waals surface area contributed by atoms with Gasteiger partial charge >= 0.3 is 0 Å². The smallest absolute Gasteiger partial charge is 0.0647 e. The van der Waals surface area contributed by atoms with Crippen molar-refractivity contribution in [1.82, 2.24) is 0 Å². The van der Waals surface area contributed by atoms with Crippen molar-refractivity contribution in [3.8, 4) is 0 Å². The first-order chi connectivity index (χ1) is 10.3. The van der Waals surface area contributed by atoms with Crippen LogP contribution in [-0.2, 0) is 0 Å². The molecule has 0 saturated carbocycles. The van der Waals surface area contributed by atoms with Crippen LogP contribution >= 0.6 is 0 Å². The van der Waals surface area contributed by atoms with E-state index in [4.69, 9.17) is 0 Å². The minimum Gasteiger partial charge on any atom is -0.348 e. The number of unbranched alkanes of at least 4 members (excludes halogenated alkanes) is 7. The van der Waals surface area contributed by atoms with E-state index >= 15 is 0 Å². The van der Waals surface area contributed by atoms with Crippen molar-refractivity contribution in [2.75, 3.05) is 23.4 Å². The fourth-order valence-electron chi connectivity index (χ4n) is 2.96. The molecule has 1 aromatic carbocycles. The van der Waals surface area contributed by atoms with E-state index in [1.54, 1.807) is 0 Å². The Morgan fingerprint density at radius 1 is 0.762 bits per heavy atom. The van der Waals surface area contributed by atoms with Gasteiger partial charge in [0.15, 0.2) is 0 Å². The summed E-state index contributed by atoms with van der Waals surface area (Å²) in [6, 6.07) is 8.66. The summed E-state index contributed by atoms with van der Waals surface area (Å²) in [5, 5.41) is 0. The van der Waals surface area contributed by atoms with Gasteiger partial charge in [0.1, 0.15) is 0 Å². The maximum atomic E-state index is 2.40. The fraction of sp³-hybridized carbons (Fsp3) is 0.579. The summed E-state index contributed by atoms with van der Waals surface area (Å²) >= 11 is 0. The van der Waals surface area contributed by atoms with Crippen LogP contribution in [0, 0.1) is 0 Å². The number of hydrogen-bond donors (Lipinski definition) is 0. The van der Waals surface area contributed by atoms with Crippen LogP contribution in [0.5, 0.6) is 0 Å². The van der Waals surface area contributed by atoms with Gasteiger partial charge in [-0.1, -0.05) is 64.0 Å². The summed E-state index contributed by atoms with van der Waals surface area (Å²) in [6.45, 7) is 3.41. The molecule has 0 aliphatic carbocycles. The first kappa shape index (κ1) is 15.9. The molecule has 0 saturated heterocycles. The molecule has 0 bridgehead atoms. The van der Waals surface area contributed by atoms with E-state index in [9.17, 15) is 0 Å². The Morgan fingerprint density at radius 3 is 2.10 bits per heavy atom. The predicted octanol–water partition coefficient (Wildman–Crippen LogP) is 5.55. The van der Waals surface area contributed by atoms with Crippen LogP contribution in [0.2, 0.25) is 0 Å². The second kappa shape index (κ2) is 8.76. The second-order valence-corrected chi connectivity index (χ2v) is 6.07. The van der Waals surface area contributed by atoms with Gasteiger partial charge in [0.25, 0.3) is 0 Å². The molecule has 1 aliphatic heterocycles. The average Bonchev–Trinajstić information content (AvgIpc) is 2.52. The molecular weight excluding hydrogens is 256 g/mol. The van der Waals surface area contributed by atoms with E-state index in [1.165, 1.54) is 62.7 Å². The van der Waals surface area contributed by atoms with Gasteiger partial charge in [-0.25, -0.2) is 0 Å². The first-order valence-corrected chi connectivity index (χ1v) is 8.59. The van der Waals surface area contributed by atoms with Crippen LogP contribution in [0.15, 0.2) is 36.7 Å².